The molecule has 0 saturated carbocycles. The van der Waals surface area contributed by atoms with Gasteiger partial charge in [0.15, 0.2) is 5.54 Å². The molecule has 4 atom stereocenters. The van der Waals surface area contributed by atoms with E-state index in [4.69, 9.17) is 4.74 Å². The first-order valence-electron chi connectivity index (χ1n) is 12.2. The van der Waals surface area contributed by atoms with Crippen LogP contribution in [-0.2, 0) is 16.9 Å². The monoisotopic (exact) mass is 547 g/mol. The average molecular weight is 548 g/mol. The first kappa shape index (κ1) is 23.2. The number of fused-ring (bicyclic) bond motifs is 4. The lowest BCUT2D eigenvalue weighted by Gasteiger charge is -2.32. The molecule has 7 nitrogen and oxygen atoms in total. The zero-order valence-corrected chi connectivity index (χ0v) is 21.4. The molecule has 0 unspecified atom stereocenters. The van der Waals surface area contributed by atoms with Gasteiger partial charge in [0.1, 0.15) is 12.4 Å². The van der Waals surface area contributed by atoms with Gasteiger partial charge < -0.3 is 10.1 Å². The summed E-state index contributed by atoms with van der Waals surface area (Å²) >= 11 is 3.57. The number of amides is 1. The summed E-state index contributed by atoms with van der Waals surface area (Å²) < 4.78 is 7.12. The number of ether oxygens (including phenoxy) is 1. The number of para-hydroxylation sites is 1. The first-order chi connectivity index (χ1) is 17.4. The highest BCUT2D eigenvalue weighted by Crippen LogP contribution is 2.59. The SMILES string of the molecule is Cc1ccc(COc2ccc(Br)cc2[C@@H]2[C@@H]3CCCN3[C@@]3(C(=O)Nc4ccccc43)[C@@H]2[N+](=O)[O-])cc1. The molecule has 0 radical (unpaired) electrons. The van der Waals surface area contributed by atoms with Crippen molar-refractivity contribution >= 4 is 27.5 Å². The molecule has 1 N–H and O–H groups in total. The zero-order chi connectivity index (χ0) is 25.0. The lowest BCUT2D eigenvalue weighted by atomic mass is 9.77. The van der Waals surface area contributed by atoms with Gasteiger partial charge in [-0.05, 0) is 49.6 Å². The standard InChI is InChI=1S/C28H26BrN3O4/c1-17-8-10-18(11-9-17)16-36-24-13-12-19(29)15-20(24)25-23-7-4-14-31(23)28(26(25)32(34)35)21-5-2-3-6-22(21)30-27(28)33/h2-3,5-6,8-13,15,23,25-26H,4,7,14,16H2,1H3,(H,30,33)/t23-,25+,26+,28+/m0/s1. The maximum absolute atomic E-state index is 13.7. The van der Waals surface area contributed by atoms with Crippen molar-refractivity contribution in [2.45, 2.75) is 49.9 Å². The molecule has 0 bridgehead atoms. The quantitative estimate of drug-likeness (QED) is 0.342. The molecule has 3 aliphatic heterocycles. The van der Waals surface area contributed by atoms with Crippen LogP contribution < -0.4 is 10.1 Å². The van der Waals surface area contributed by atoms with Gasteiger partial charge in [-0.15, -0.1) is 0 Å². The van der Waals surface area contributed by atoms with E-state index in [9.17, 15) is 14.9 Å². The molecule has 1 spiro atoms. The topological polar surface area (TPSA) is 84.7 Å². The minimum Gasteiger partial charge on any atom is -0.489 e. The van der Waals surface area contributed by atoms with Crippen LogP contribution in [0.2, 0.25) is 0 Å². The lowest BCUT2D eigenvalue weighted by Crippen LogP contribution is -2.55. The Morgan fingerprint density at radius 1 is 1.17 bits per heavy atom. The summed E-state index contributed by atoms with van der Waals surface area (Å²) in [6.45, 7) is 3.03. The third kappa shape index (κ3) is 3.38. The molecule has 3 aromatic carbocycles. The third-order valence-electron chi connectivity index (χ3n) is 7.94. The minimum atomic E-state index is -1.34. The van der Waals surface area contributed by atoms with E-state index in [1.54, 1.807) is 0 Å². The number of halogens is 1. The van der Waals surface area contributed by atoms with E-state index < -0.39 is 17.5 Å². The van der Waals surface area contributed by atoms with Gasteiger partial charge in [-0.25, -0.2) is 0 Å². The van der Waals surface area contributed by atoms with Crippen LogP contribution in [0.25, 0.3) is 0 Å². The van der Waals surface area contributed by atoms with Crippen molar-refractivity contribution in [2.24, 2.45) is 0 Å². The maximum atomic E-state index is 13.7. The molecular formula is C28H26BrN3O4. The molecule has 8 heteroatoms. The second-order valence-electron chi connectivity index (χ2n) is 9.88. The number of hydrogen-bond acceptors (Lipinski definition) is 5. The summed E-state index contributed by atoms with van der Waals surface area (Å²) in [5.41, 5.74) is 2.97. The summed E-state index contributed by atoms with van der Waals surface area (Å²) in [6.07, 6.45) is 1.67. The summed E-state index contributed by atoms with van der Waals surface area (Å²) in [4.78, 5) is 28.4. The van der Waals surface area contributed by atoms with E-state index in [1.807, 2.05) is 73.7 Å². The Kier molecular flexibility index (Phi) is 5.61. The van der Waals surface area contributed by atoms with Gasteiger partial charge in [0.25, 0.3) is 11.9 Å². The van der Waals surface area contributed by atoms with Gasteiger partial charge in [-0.3, -0.25) is 19.8 Å². The van der Waals surface area contributed by atoms with Crippen molar-refractivity contribution in [3.05, 3.63) is 104 Å². The number of nitrogens with one attached hydrogen (secondary N) is 1. The molecule has 2 fully saturated rings. The molecule has 0 aromatic heterocycles. The van der Waals surface area contributed by atoms with E-state index >= 15 is 0 Å². The number of carbonyl (C=O) groups excluding carboxylic acids is 1. The van der Waals surface area contributed by atoms with E-state index in [-0.39, 0.29) is 16.9 Å². The Morgan fingerprint density at radius 3 is 2.72 bits per heavy atom. The van der Waals surface area contributed by atoms with Crippen LogP contribution in [-0.4, -0.2) is 34.4 Å². The maximum Gasteiger partial charge on any atom is 0.256 e. The van der Waals surface area contributed by atoms with Crippen molar-refractivity contribution in [2.75, 3.05) is 11.9 Å². The first-order valence-corrected chi connectivity index (χ1v) is 13.0. The fourth-order valence-electron chi connectivity index (χ4n) is 6.50. The van der Waals surface area contributed by atoms with Crippen LogP contribution in [0, 0.1) is 17.0 Å². The highest BCUT2D eigenvalue weighted by molar-refractivity contribution is 9.10. The van der Waals surface area contributed by atoms with E-state index in [2.05, 4.69) is 26.1 Å². The smallest absolute Gasteiger partial charge is 0.256 e. The van der Waals surface area contributed by atoms with E-state index in [0.29, 0.717) is 30.2 Å². The Hall–Kier alpha value is -3.23. The number of rotatable bonds is 5. The number of nitrogens with zero attached hydrogens (tertiary/aromatic N) is 2. The Morgan fingerprint density at radius 2 is 1.94 bits per heavy atom. The number of hydrogen-bond donors (Lipinski definition) is 1. The highest BCUT2D eigenvalue weighted by Gasteiger charge is 2.73. The summed E-state index contributed by atoms with van der Waals surface area (Å²) in [5, 5.41) is 15.8. The molecule has 6 rings (SSSR count). The molecular weight excluding hydrogens is 522 g/mol. The molecule has 2 saturated heterocycles. The van der Waals surface area contributed by atoms with Crippen LogP contribution in [0.4, 0.5) is 5.69 Å². The second-order valence-corrected chi connectivity index (χ2v) is 10.8. The number of benzene rings is 3. The Balaban J connectivity index is 1.47. The van der Waals surface area contributed by atoms with Crippen molar-refractivity contribution in [3.8, 4) is 5.75 Å². The largest absolute Gasteiger partial charge is 0.489 e. The minimum absolute atomic E-state index is 0.145. The molecule has 36 heavy (non-hydrogen) atoms. The van der Waals surface area contributed by atoms with E-state index in [1.165, 1.54) is 5.56 Å². The van der Waals surface area contributed by atoms with Crippen LogP contribution in [0.1, 0.15) is 41.0 Å². The van der Waals surface area contributed by atoms with Crippen molar-refractivity contribution < 1.29 is 14.5 Å². The van der Waals surface area contributed by atoms with Gasteiger partial charge in [0.2, 0.25) is 0 Å². The van der Waals surface area contributed by atoms with Gasteiger partial charge in [-0.1, -0.05) is 64.0 Å². The molecule has 3 aromatic rings. The van der Waals surface area contributed by atoms with Gasteiger partial charge in [0, 0.05) is 38.8 Å². The van der Waals surface area contributed by atoms with Gasteiger partial charge >= 0.3 is 0 Å². The van der Waals surface area contributed by atoms with Crippen LogP contribution >= 0.6 is 15.9 Å². The lowest BCUT2D eigenvalue weighted by molar-refractivity contribution is -0.534. The average Bonchev–Trinajstić information content (AvgIpc) is 3.52. The number of nitro groups is 1. The predicted octanol–water partition coefficient (Wildman–Crippen LogP) is 5.39. The van der Waals surface area contributed by atoms with Crippen LogP contribution in [0.3, 0.4) is 0 Å². The fourth-order valence-corrected chi connectivity index (χ4v) is 6.88. The number of carbonyl (C=O) groups is 1. The Labute approximate surface area is 217 Å². The van der Waals surface area contributed by atoms with Crippen molar-refractivity contribution in [3.63, 3.8) is 0 Å². The third-order valence-corrected chi connectivity index (χ3v) is 8.43. The molecule has 1 amide bonds. The second kappa shape index (κ2) is 8.71. The Bertz CT molecular complexity index is 1360. The molecule has 0 aliphatic carbocycles. The number of anilines is 1. The summed E-state index contributed by atoms with van der Waals surface area (Å²) in [7, 11) is 0. The molecule has 3 heterocycles. The van der Waals surface area contributed by atoms with Gasteiger partial charge in [0.05, 0.1) is 5.92 Å². The summed E-state index contributed by atoms with van der Waals surface area (Å²) in [5.74, 6) is -0.201. The van der Waals surface area contributed by atoms with Crippen LogP contribution in [0.15, 0.2) is 71.2 Å². The fraction of sp³-hybridized carbons (Fsp3) is 0.321. The molecule has 184 valence electrons. The van der Waals surface area contributed by atoms with E-state index in [0.717, 1.165) is 28.4 Å². The summed E-state index contributed by atoms with van der Waals surface area (Å²) in [6, 6.07) is 19.9. The zero-order valence-electron chi connectivity index (χ0n) is 19.8. The highest BCUT2D eigenvalue weighted by atomic mass is 79.9. The van der Waals surface area contributed by atoms with Crippen molar-refractivity contribution in [1.82, 2.24) is 4.90 Å². The van der Waals surface area contributed by atoms with Gasteiger partial charge in [-0.2, -0.15) is 0 Å². The predicted molar refractivity (Wildman–Crippen MR) is 140 cm³/mol. The number of aryl methyl sites for hydroxylation is 1. The van der Waals surface area contributed by atoms with Crippen LogP contribution in [0.5, 0.6) is 5.75 Å². The molecule has 3 aliphatic rings. The normalized spacial score (nSPS) is 26.6. The van der Waals surface area contributed by atoms with Crippen molar-refractivity contribution in [1.29, 1.82) is 0 Å².